The second kappa shape index (κ2) is 3.92. The van der Waals surface area contributed by atoms with Gasteiger partial charge in [-0.15, -0.1) is 11.8 Å². The summed E-state index contributed by atoms with van der Waals surface area (Å²) < 4.78 is 0. The Hall–Kier alpha value is -0.520. The van der Waals surface area contributed by atoms with Crippen LogP contribution < -0.4 is 5.32 Å². The third-order valence-corrected chi connectivity index (χ3v) is 3.48. The number of piperidine rings is 1. The minimum atomic E-state index is -0.430. The van der Waals surface area contributed by atoms with E-state index in [4.69, 9.17) is 0 Å². The minimum absolute atomic E-state index is 0.430. The molecule has 0 aromatic heterocycles. The average Bonchev–Trinajstić information content (AvgIpc) is 2.46. The van der Waals surface area contributed by atoms with Crippen molar-refractivity contribution in [3.05, 3.63) is 0 Å². The molecule has 0 aliphatic carbocycles. The van der Waals surface area contributed by atoms with Crippen molar-refractivity contribution in [2.24, 2.45) is 0 Å². The Morgan fingerprint density at radius 1 is 1.36 bits per heavy atom. The standard InChI is InChI=1S/C12H19NO/c1-2-3-4-7-12(14)8-10-5-6-11(9-12)13-10/h10-11,13-14H,4-9H2,1H3. The third kappa shape index (κ3) is 2.10. The van der Waals surface area contributed by atoms with Gasteiger partial charge in [-0.05, 0) is 39.0 Å². The van der Waals surface area contributed by atoms with E-state index < -0.39 is 5.60 Å². The van der Waals surface area contributed by atoms with E-state index in [2.05, 4.69) is 17.2 Å². The molecule has 2 N–H and O–H groups in total. The molecule has 2 rings (SSSR count). The van der Waals surface area contributed by atoms with Gasteiger partial charge in [0.15, 0.2) is 0 Å². The Kier molecular flexibility index (Phi) is 2.80. The maximum Gasteiger partial charge on any atom is 0.0686 e. The summed E-state index contributed by atoms with van der Waals surface area (Å²) in [6.07, 6.45) is 6.03. The van der Waals surface area contributed by atoms with Crippen molar-refractivity contribution >= 4 is 0 Å². The zero-order valence-corrected chi connectivity index (χ0v) is 8.84. The second-order valence-electron chi connectivity index (χ2n) is 4.70. The molecule has 2 fully saturated rings. The van der Waals surface area contributed by atoms with E-state index in [1.165, 1.54) is 12.8 Å². The van der Waals surface area contributed by atoms with Gasteiger partial charge < -0.3 is 10.4 Å². The lowest BCUT2D eigenvalue weighted by molar-refractivity contribution is -0.0126. The highest BCUT2D eigenvalue weighted by Crippen LogP contribution is 2.36. The first-order valence-electron chi connectivity index (χ1n) is 5.60. The van der Waals surface area contributed by atoms with Crippen molar-refractivity contribution < 1.29 is 5.11 Å². The maximum absolute atomic E-state index is 10.4. The lowest BCUT2D eigenvalue weighted by Crippen LogP contribution is -2.48. The van der Waals surface area contributed by atoms with Crippen LogP contribution in [-0.4, -0.2) is 22.8 Å². The Labute approximate surface area is 86.1 Å². The predicted molar refractivity (Wildman–Crippen MR) is 56.8 cm³/mol. The monoisotopic (exact) mass is 193 g/mol. The molecule has 78 valence electrons. The molecule has 0 radical (unpaired) electrons. The van der Waals surface area contributed by atoms with Gasteiger partial charge in [0.2, 0.25) is 0 Å². The molecule has 14 heavy (non-hydrogen) atoms. The Morgan fingerprint density at radius 3 is 2.57 bits per heavy atom. The highest BCUT2D eigenvalue weighted by molar-refractivity contribution is 5.03. The Balaban J connectivity index is 1.91. The first-order chi connectivity index (χ1) is 6.72. The van der Waals surface area contributed by atoms with Gasteiger partial charge in [0.05, 0.1) is 5.60 Å². The Bertz CT molecular complexity index is 251. The first-order valence-corrected chi connectivity index (χ1v) is 5.60. The van der Waals surface area contributed by atoms with Crippen LogP contribution in [0.4, 0.5) is 0 Å². The SMILES string of the molecule is CC#CCCC1(O)CC2CCC(C1)N2. The molecule has 2 nitrogen and oxygen atoms in total. The van der Waals surface area contributed by atoms with Crippen LogP contribution in [0, 0.1) is 11.8 Å². The minimum Gasteiger partial charge on any atom is -0.390 e. The maximum atomic E-state index is 10.4. The number of nitrogens with one attached hydrogen (secondary N) is 1. The highest BCUT2D eigenvalue weighted by Gasteiger charge is 2.41. The van der Waals surface area contributed by atoms with Crippen LogP contribution in [0.5, 0.6) is 0 Å². The van der Waals surface area contributed by atoms with Gasteiger partial charge in [0, 0.05) is 18.5 Å². The van der Waals surface area contributed by atoms with Gasteiger partial charge in [0.1, 0.15) is 0 Å². The van der Waals surface area contributed by atoms with Crippen molar-refractivity contribution in [1.29, 1.82) is 0 Å². The molecule has 2 aliphatic heterocycles. The zero-order chi connectivity index (χ0) is 10.0. The van der Waals surface area contributed by atoms with E-state index in [9.17, 15) is 5.11 Å². The third-order valence-electron chi connectivity index (χ3n) is 3.48. The van der Waals surface area contributed by atoms with E-state index >= 15 is 0 Å². The van der Waals surface area contributed by atoms with E-state index in [0.717, 1.165) is 25.7 Å². The van der Waals surface area contributed by atoms with E-state index in [0.29, 0.717) is 12.1 Å². The lowest BCUT2D eigenvalue weighted by Gasteiger charge is -2.36. The zero-order valence-electron chi connectivity index (χ0n) is 8.84. The molecular weight excluding hydrogens is 174 g/mol. The fourth-order valence-electron chi connectivity index (χ4n) is 2.85. The van der Waals surface area contributed by atoms with Crippen LogP contribution in [0.3, 0.4) is 0 Å². The molecular formula is C12H19NO. The summed E-state index contributed by atoms with van der Waals surface area (Å²) in [6.45, 7) is 1.86. The summed E-state index contributed by atoms with van der Waals surface area (Å²) in [5, 5.41) is 13.9. The highest BCUT2D eigenvalue weighted by atomic mass is 16.3. The van der Waals surface area contributed by atoms with Crippen LogP contribution >= 0.6 is 0 Å². The summed E-state index contributed by atoms with van der Waals surface area (Å²) in [7, 11) is 0. The molecule has 0 aromatic rings. The molecule has 2 heteroatoms. The smallest absolute Gasteiger partial charge is 0.0686 e. The number of fused-ring (bicyclic) bond motifs is 2. The fourth-order valence-corrected chi connectivity index (χ4v) is 2.85. The summed E-state index contributed by atoms with van der Waals surface area (Å²) in [4.78, 5) is 0. The molecule has 0 amide bonds. The van der Waals surface area contributed by atoms with Crippen LogP contribution in [0.2, 0.25) is 0 Å². The van der Waals surface area contributed by atoms with Gasteiger partial charge in [-0.1, -0.05) is 0 Å². The van der Waals surface area contributed by atoms with Crippen LogP contribution in [0.15, 0.2) is 0 Å². The van der Waals surface area contributed by atoms with Crippen LogP contribution in [0.25, 0.3) is 0 Å². The summed E-state index contributed by atoms with van der Waals surface area (Å²) in [5.41, 5.74) is -0.430. The molecule has 2 aliphatic rings. The second-order valence-corrected chi connectivity index (χ2v) is 4.70. The first kappa shape index (κ1) is 10.0. The average molecular weight is 193 g/mol. The van der Waals surface area contributed by atoms with E-state index in [1.807, 2.05) is 6.92 Å². The van der Waals surface area contributed by atoms with Crippen molar-refractivity contribution in [1.82, 2.24) is 5.32 Å². The van der Waals surface area contributed by atoms with Gasteiger partial charge in [-0.2, -0.15) is 0 Å². The molecule has 2 saturated heterocycles. The summed E-state index contributed by atoms with van der Waals surface area (Å²) in [6, 6.07) is 1.13. The number of hydrogen-bond acceptors (Lipinski definition) is 2. The number of aliphatic hydroxyl groups is 1. The van der Waals surface area contributed by atoms with Gasteiger partial charge >= 0.3 is 0 Å². The fraction of sp³-hybridized carbons (Fsp3) is 0.833. The van der Waals surface area contributed by atoms with Crippen molar-refractivity contribution in [3.8, 4) is 11.8 Å². The van der Waals surface area contributed by atoms with Crippen molar-refractivity contribution in [2.75, 3.05) is 0 Å². The molecule has 2 bridgehead atoms. The van der Waals surface area contributed by atoms with E-state index in [-0.39, 0.29) is 0 Å². The molecule has 0 spiro atoms. The van der Waals surface area contributed by atoms with E-state index in [1.54, 1.807) is 0 Å². The van der Waals surface area contributed by atoms with Gasteiger partial charge in [-0.3, -0.25) is 0 Å². The topological polar surface area (TPSA) is 32.3 Å². The molecule has 0 saturated carbocycles. The van der Waals surface area contributed by atoms with Crippen LogP contribution in [0.1, 0.15) is 45.4 Å². The van der Waals surface area contributed by atoms with Crippen LogP contribution in [-0.2, 0) is 0 Å². The molecule has 0 aromatic carbocycles. The normalized spacial score (nSPS) is 40.4. The predicted octanol–water partition coefficient (Wildman–Crippen LogP) is 1.44. The van der Waals surface area contributed by atoms with Crippen molar-refractivity contribution in [2.45, 2.75) is 63.1 Å². The molecule has 2 unspecified atom stereocenters. The molecule has 2 atom stereocenters. The summed E-state index contributed by atoms with van der Waals surface area (Å²) in [5.74, 6) is 5.93. The quantitative estimate of drug-likeness (QED) is 0.650. The largest absolute Gasteiger partial charge is 0.390 e. The molecule has 2 heterocycles. The number of hydrogen-bond donors (Lipinski definition) is 2. The number of rotatable bonds is 2. The lowest BCUT2D eigenvalue weighted by atomic mass is 9.84. The summed E-state index contributed by atoms with van der Waals surface area (Å²) >= 11 is 0. The Morgan fingerprint density at radius 2 is 2.00 bits per heavy atom. The van der Waals surface area contributed by atoms with Crippen molar-refractivity contribution in [3.63, 3.8) is 0 Å². The van der Waals surface area contributed by atoms with Gasteiger partial charge in [-0.25, -0.2) is 0 Å². The van der Waals surface area contributed by atoms with Gasteiger partial charge in [0.25, 0.3) is 0 Å².